The van der Waals surface area contributed by atoms with Gasteiger partial charge in [-0.05, 0) is 29.8 Å². The molecule has 1 aliphatic rings. The second-order valence-corrected chi connectivity index (χ2v) is 6.79. The van der Waals surface area contributed by atoms with Crippen molar-refractivity contribution in [3.63, 3.8) is 0 Å². The average molecular weight is 383 g/mol. The van der Waals surface area contributed by atoms with Crippen molar-refractivity contribution in [2.45, 2.75) is 6.54 Å². The van der Waals surface area contributed by atoms with E-state index in [2.05, 4.69) is 5.92 Å². The van der Waals surface area contributed by atoms with Gasteiger partial charge in [0.25, 0.3) is 0 Å². The van der Waals surface area contributed by atoms with E-state index in [0.717, 1.165) is 5.56 Å². The molecule has 0 N–H and O–H groups in total. The van der Waals surface area contributed by atoms with E-state index in [1.807, 2.05) is 15.9 Å². The Bertz CT molecular complexity index is 840. The fourth-order valence-corrected chi connectivity index (χ4v) is 3.34. The summed E-state index contributed by atoms with van der Waals surface area (Å²) in [5.41, 5.74) is 1.47. The molecular formula is C22H23F2N3O. The van der Waals surface area contributed by atoms with E-state index in [1.54, 1.807) is 29.2 Å². The maximum absolute atomic E-state index is 13.9. The molecule has 2 aromatic carbocycles. The summed E-state index contributed by atoms with van der Waals surface area (Å²) in [7, 11) is 0. The van der Waals surface area contributed by atoms with Gasteiger partial charge in [-0.25, -0.2) is 8.78 Å². The van der Waals surface area contributed by atoms with E-state index in [4.69, 9.17) is 6.42 Å². The Hall–Kier alpha value is -2.91. The number of anilines is 1. The number of hydrogen-bond donors (Lipinski definition) is 0. The van der Waals surface area contributed by atoms with E-state index in [0.29, 0.717) is 45.0 Å². The first kappa shape index (κ1) is 19.8. The number of benzene rings is 2. The molecule has 1 aliphatic heterocycles. The number of nitrogens with zero attached hydrogens (tertiary/aromatic N) is 3. The summed E-state index contributed by atoms with van der Waals surface area (Å²) in [6.45, 7) is 3.24. The Labute approximate surface area is 164 Å². The van der Waals surface area contributed by atoms with Crippen LogP contribution in [0.1, 0.15) is 5.56 Å². The first-order valence-electron chi connectivity index (χ1n) is 9.24. The van der Waals surface area contributed by atoms with Crippen molar-refractivity contribution in [3.05, 3.63) is 65.7 Å². The number of piperazine rings is 1. The van der Waals surface area contributed by atoms with Crippen LogP contribution in [-0.2, 0) is 11.3 Å². The number of amides is 1. The molecule has 2 aromatic rings. The van der Waals surface area contributed by atoms with Crippen LogP contribution in [0.4, 0.5) is 14.5 Å². The van der Waals surface area contributed by atoms with Crippen LogP contribution in [0.25, 0.3) is 0 Å². The Kier molecular flexibility index (Phi) is 6.62. The predicted molar refractivity (Wildman–Crippen MR) is 106 cm³/mol. The lowest BCUT2D eigenvalue weighted by Crippen LogP contribution is -2.51. The summed E-state index contributed by atoms with van der Waals surface area (Å²) in [5, 5.41) is 0. The minimum absolute atomic E-state index is 0.00875. The van der Waals surface area contributed by atoms with E-state index in [9.17, 15) is 13.6 Å². The molecule has 3 rings (SSSR count). The van der Waals surface area contributed by atoms with E-state index in [-0.39, 0.29) is 24.1 Å². The number of halogens is 2. The van der Waals surface area contributed by atoms with Crippen LogP contribution < -0.4 is 4.90 Å². The lowest BCUT2D eigenvalue weighted by molar-refractivity contribution is -0.132. The molecular weight excluding hydrogens is 360 g/mol. The first-order valence-corrected chi connectivity index (χ1v) is 9.24. The summed E-state index contributed by atoms with van der Waals surface area (Å²) in [6, 6.07) is 12.8. The highest BCUT2D eigenvalue weighted by Crippen LogP contribution is 2.20. The first-order chi connectivity index (χ1) is 13.6. The third-order valence-electron chi connectivity index (χ3n) is 4.82. The highest BCUT2D eigenvalue weighted by molar-refractivity contribution is 5.78. The predicted octanol–water partition coefficient (Wildman–Crippen LogP) is 2.75. The van der Waals surface area contributed by atoms with Crippen LogP contribution in [0, 0.1) is 24.0 Å². The van der Waals surface area contributed by atoms with Gasteiger partial charge < -0.3 is 9.80 Å². The van der Waals surface area contributed by atoms with Crippen molar-refractivity contribution in [1.29, 1.82) is 0 Å². The topological polar surface area (TPSA) is 26.8 Å². The Balaban J connectivity index is 1.55. The SMILES string of the molecule is C#CCN(CC(=O)N1CCN(c2ccccc2F)CC1)Cc1ccc(F)cc1. The van der Waals surface area contributed by atoms with E-state index < -0.39 is 0 Å². The molecule has 4 nitrogen and oxygen atoms in total. The highest BCUT2D eigenvalue weighted by atomic mass is 19.1. The van der Waals surface area contributed by atoms with Gasteiger partial charge in [-0.2, -0.15) is 0 Å². The summed E-state index contributed by atoms with van der Waals surface area (Å²) in [6.07, 6.45) is 5.44. The molecule has 0 spiro atoms. The second-order valence-electron chi connectivity index (χ2n) is 6.79. The molecule has 0 atom stereocenters. The summed E-state index contributed by atoms with van der Waals surface area (Å²) in [4.78, 5) is 18.3. The Morgan fingerprint density at radius 3 is 2.36 bits per heavy atom. The molecule has 0 saturated carbocycles. The zero-order valence-electron chi connectivity index (χ0n) is 15.7. The maximum atomic E-state index is 13.9. The van der Waals surface area contributed by atoms with Gasteiger partial charge in [-0.15, -0.1) is 6.42 Å². The van der Waals surface area contributed by atoms with Gasteiger partial charge in [-0.1, -0.05) is 30.2 Å². The lowest BCUT2D eigenvalue weighted by Gasteiger charge is -2.37. The molecule has 0 radical (unpaired) electrons. The van der Waals surface area contributed by atoms with E-state index >= 15 is 0 Å². The summed E-state index contributed by atoms with van der Waals surface area (Å²) < 4.78 is 27.0. The van der Waals surface area contributed by atoms with Crippen LogP contribution in [0.2, 0.25) is 0 Å². The average Bonchev–Trinajstić information content (AvgIpc) is 2.70. The quantitative estimate of drug-likeness (QED) is 0.718. The van der Waals surface area contributed by atoms with Crippen molar-refractivity contribution in [2.75, 3.05) is 44.2 Å². The lowest BCUT2D eigenvalue weighted by atomic mass is 10.2. The summed E-state index contributed by atoms with van der Waals surface area (Å²) in [5.74, 6) is 2.02. The number of para-hydroxylation sites is 1. The van der Waals surface area contributed by atoms with Gasteiger partial charge in [0, 0.05) is 32.7 Å². The van der Waals surface area contributed by atoms with Gasteiger partial charge >= 0.3 is 0 Å². The minimum atomic E-state index is -0.295. The number of carbonyl (C=O) groups excluding carboxylic acids is 1. The fourth-order valence-electron chi connectivity index (χ4n) is 3.34. The molecule has 1 fully saturated rings. The zero-order valence-corrected chi connectivity index (χ0v) is 15.7. The van der Waals surface area contributed by atoms with Crippen molar-refractivity contribution in [2.24, 2.45) is 0 Å². The van der Waals surface area contributed by atoms with Gasteiger partial charge in [0.1, 0.15) is 11.6 Å². The van der Waals surface area contributed by atoms with Crippen LogP contribution in [-0.4, -0.2) is 55.0 Å². The molecule has 28 heavy (non-hydrogen) atoms. The van der Waals surface area contributed by atoms with Crippen molar-refractivity contribution < 1.29 is 13.6 Å². The number of hydrogen-bond acceptors (Lipinski definition) is 3. The number of rotatable bonds is 6. The second kappa shape index (κ2) is 9.34. The fraction of sp³-hybridized carbons (Fsp3) is 0.318. The van der Waals surface area contributed by atoms with E-state index in [1.165, 1.54) is 18.2 Å². The molecule has 0 unspecified atom stereocenters. The third-order valence-corrected chi connectivity index (χ3v) is 4.82. The smallest absolute Gasteiger partial charge is 0.236 e. The van der Waals surface area contributed by atoms with Crippen molar-refractivity contribution in [3.8, 4) is 12.3 Å². The third kappa shape index (κ3) is 5.08. The maximum Gasteiger partial charge on any atom is 0.236 e. The normalized spacial score (nSPS) is 14.2. The molecule has 1 saturated heterocycles. The van der Waals surface area contributed by atoms with Crippen molar-refractivity contribution in [1.82, 2.24) is 9.80 Å². The van der Waals surface area contributed by atoms with Crippen molar-refractivity contribution >= 4 is 11.6 Å². The molecule has 146 valence electrons. The van der Waals surface area contributed by atoms with Gasteiger partial charge in [0.2, 0.25) is 5.91 Å². The standard InChI is InChI=1S/C22H23F2N3O/c1-2-11-25(16-18-7-9-19(23)10-8-18)17-22(28)27-14-12-26(13-15-27)21-6-4-3-5-20(21)24/h1,3-10H,11-17H2. The number of carbonyl (C=O) groups is 1. The number of terminal acetylenes is 1. The molecule has 1 heterocycles. The van der Waals surface area contributed by atoms with Crippen LogP contribution in [0.5, 0.6) is 0 Å². The van der Waals surface area contributed by atoms with Crippen LogP contribution >= 0.6 is 0 Å². The monoisotopic (exact) mass is 383 g/mol. The highest BCUT2D eigenvalue weighted by Gasteiger charge is 2.24. The van der Waals surface area contributed by atoms with Gasteiger partial charge in [0.15, 0.2) is 0 Å². The molecule has 0 bridgehead atoms. The Morgan fingerprint density at radius 1 is 1.04 bits per heavy atom. The van der Waals surface area contributed by atoms with Crippen LogP contribution in [0.15, 0.2) is 48.5 Å². The van der Waals surface area contributed by atoms with Crippen LogP contribution in [0.3, 0.4) is 0 Å². The van der Waals surface area contributed by atoms with Gasteiger partial charge in [-0.3, -0.25) is 9.69 Å². The van der Waals surface area contributed by atoms with Gasteiger partial charge in [0.05, 0.1) is 18.8 Å². The summed E-state index contributed by atoms with van der Waals surface area (Å²) >= 11 is 0. The Morgan fingerprint density at radius 2 is 1.71 bits per heavy atom. The zero-order chi connectivity index (χ0) is 19.9. The molecule has 6 heteroatoms. The largest absolute Gasteiger partial charge is 0.366 e. The minimum Gasteiger partial charge on any atom is -0.366 e. The molecule has 0 aliphatic carbocycles. The molecule has 1 amide bonds. The molecule has 0 aromatic heterocycles.